The van der Waals surface area contributed by atoms with Gasteiger partial charge in [-0.25, -0.2) is 8.78 Å². The minimum Gasteiger partial charge on any atom is -0.497 e. The number of aliphatic hydroxyl groups excluding tert-OH is 1. The first kappa shape index (κ1) is 13.8. The van der Waals surface area contributed by atoms with Crippen molar-refractivity contribution in [3.8, 4) is 11.5 Å². The molecule has 0 saturated carbocycles. The molecule has 2 aromatic rings. The monoisotopic (exact) mass is 292 g/mol. The van der Waals surface area contributed by atoms with Gasteiger partial charge in [0, 0.05) is 18.6 Å². The van der Waals surface area contributed by atoms with Crippen LogP contribution in [0, 0.1) is 11.6 Å². The van der Waals surface area contributed by atoms with E-state index in [0.717, 1.165) is 29.9 Å². The standard InChI is InChI=1S/C16H14F2O3/c1-20-11-7-12(17)15(13(18)8-11)16(19)10-2-3-14-9(6-10)4-5-21-14/h2-3,6-8,16,19H,4-5H2,1H3. The van der Waals surface area contributed by atoms with Crippen molar-refractivity contribution in [2.75, 3.05) is 13.7 Å². The number of benzene rings is 2. The quantitative estimate of drug-likeness (QED) is 0.945. The van der Waals surface area contributed by atoms with Gasteiger partial charge in [-0.15, -0.1) is 0 Å². The summed E-state index contributed by atoms with van der Waals surface area (Å²) in [4.78, 5) is 0. The van der Waals surface area contributed by atoms with E-state index >= 15 is 0 Å². The molecule has 0 radical (unpaired) electrons. The van der Waals surface area contributed by atoms with Gasteiger partial charge in [-0.2, -0.15) is 0 Å². The molecular weight excluding hydrogens is 278 g/mol. The highest BCUT2D eigenvalue weighted by atomic mass is 19.1. The molecule has 3 nitrogen and oxygen atoms in total. The van der Waals surface area contributed by atoms with Crippen LogP contribution in [0.3, 0.4) is 0 Å². The van der Waals surface area contributed by atoms with E-state index in [4.69, 9.17) is 9.47 Å². The van der Waals surface area contributed by atoms with Gasteiger partial charge in [0.2, 0.25) is 0 Å². The Morgan fingerprint density at radius 2 is 1.90 bits per heavy atom. The smallest absolute Gasteiger partial charge is 0.135 e. The van der Waals surface area contributed by atoms with Crippen molar-refractivity contribution in [1.82, 2.24) is 0 Å². The maximum atomic E-state index is 14.0. The second kappa shape index (κ2) is 5.33. The van der Waals surface area contributed by atoms with E-state index in [9.17, 15) is 13.9 Å². The third-order valence-electron chi connectivity index (χ3n) is 3.59. The molecule has 0 aromatic heterocycles. The molecular formula is C16H14F2O3. The fourth-order valence-electron chi connectivity index (χ4n) is 2.48. The Bertz CT molecular complexity index is 662. The Balaban J connectivity index is 2.00. The molecule has 0 amide bonds. The third-order valence-corrected chi connectivity index (χ3v) is 3.59. The van der Waals surface area contributed by atoms with Crippen molar-refractivity contribution in [2.24, 2.45) is 0 Å². The van der Waals surface area contributed by atoms with Crippen LogP contribution in [0.1, 0.15) is 22.8 Å². The van der Waals surface area contributed by atoms with Crippen LogP contribution >= 0.6 is 0 Å². The Labute approximate surface area is 120 Å². The maximum Gasteiger partial charge on any atom is 0.135 e. The average Bonchev–Trinajstić information content (AvgIpc) is 2.93. The second-order valence-electron chi connectivity index (χ2n) is 4.87. The highest BCUT2D eigenvalue weighted by Crippen LogP contribution is 2.33. The molecule has 0 saturated heterocycles. The normalized spacial score (nSPS) is 14.5. The highest BCUT2D eigenvalue weighted by molar-refractivity contribution is 5.43. The number of rotatable bonds is 3. The number of hydrogen-bond acceptors (Lipinski definition) is 3. The molecule has 0 spiro atoms. The van der Waals surface area contributed by atoms with Gasteiger partial charge >= 0.3 is 0 Å². The lowest BCUT2D eigenvalue weighted by Crippen LogP contribution is -2.06. The summed E-state index contributed by atoms with van der Waals surface area (Å²) in [6.45, 7) is 0.583. The number of hydrogen-bond donors (Lipinski definition) is 1. The molecule has 1 unspecified atom stereocenters. The summed E-state index contributed by atoms with van der Waals surface area (Å²) in [5, 5.41) is 10.3. The molecule has 1 atom stereocenters. The van der Waals surface area contributed by atoms with E-state index in [1.54, 1.807) is 18.2 Å². The molecule has 1 aliphatic heterocycles. The van der Waals surface area contributed by atoms with Crippen LogP contribution in [0.25, 0.3) is 0 Å². The van der Waals surface area contributed by atoms with E-state index in [2.05, 4.69) is 0 Å². The van der Waals surface area contributed by atoms with Crippen molar-refractivity contribution >= 4 is 0 Å². The largest absolute Gasteiger partial charge is 0.497 e. The number of methoxy groups -OCH3 is 1. The molecule has 1 aliphatic rings. The zero-order valence-corrected chi connectivity index (χ0v) is 11.4. The Morgan fingerprint density at radius 1 is 1.19 bits per heavy atom. The van der Waals surface area contributed by atoms with E-state index in [0.29, 0.717) is 12.2 Å². The third kappa shape index (κ3) is 2.45. The van der Waals surface area contributed by atoms with Gasteiger partial charge in [-0.05, 0) is 23.3 Å². The summed E-state index contributed by atoms with van der Waals surface area (Å²) in [5.74, 6) is -0.850. The fraction of sp³-hybridized carbons (Fsp3) is 0.250. The van der Waals surface area contributed by atoms with E-state index in [1.807, 2.05) is 0 Å². The first-order valence-electron chi connectivity index (χ1n) is 6.56. The molecule has 1 N–H and O–H groups in total. The van der Waals surface area contributed by atoms with Crippen LogP contribution < -0.4 is 9.47 Å². The minimum absolute atomic E-state index is 0.0725. The van der Waals surface area contributed by atoms with Crippen LogP contribution in [0.2, 0.25) is 0 Å². The lowest BCUT2D eigenvalue weighted by molar-refractivity contribution is 0.208. The summed E-state index contributed by atoms with van der Waals surface area (Å²) in [6, 6.07) is 7.14. The number of halogens is 2. The van der Waals surface area contributed by atoms with Crippen LogP contribution in [0.4, 0.5) is 8.78 Å². The predicted octanol–water partition coefficient (Wildman–Crippen LogP) is 2.99. The maximum absolute atomic E-state index is 14.0. The average molecular weight is 292 g/mol. The van der Waals surface area contributed by atoms with E-state index in [1.165, 1.54) is 7.11 Å². The molecule has 0 fully saturated rings. The molecule has 0 aliphatic carbocycles. The van der Waals surface area contributed by atoms with Gasteiger partial charge < -0.3 is 14.6 Å². The van der Waals surface area contributed by atoms with Crippen molar-refractivity contribution in [3.05, 3.63) is 58.7 Å². The Kier molecular flexibility index (Phi) is 3.51. The highest BCUT2D eigenvalue weighted by Gasteiger charge is 2.23. The summed E-state index contributed by atoms with van der Waals surface area (Å²) in [6.07, 6.45) is -0.648. The summed E-state index contributed by atoms with van der Waals surface area (Å²) >= 11 is 0. The van der Waals surface area contributed by atoms with Crippen LogP contribution in [0.5, 0.6) is 11.5 Å². The van der Waals surface area contributed by atoms with Crippen molar-refractivity contribution < 1.29 is 23.4 Å². The Morgan fingerprint density at radius 3 is 2.57 bits per heavy atom. The van der Waals surface area contributed by atoms with Crippen molar-refractivity contribution in [1.29, 1.82) is 0 Å². The van der Waals surface area contributed by atoms with Crippen molar-refractivity contribution in [3.63, 3.8) is 0 Å². The first-order valence-corrected chi connectivity index (χ1v) is 6.56. The lowest BCUT2D eigenvalue weighted by Gasteiger charge is -2.15. The molecule has 3 rings (SSSR count). The molecule has 5 heteroatoms. The SMILES string of the molecule is COc1cc(F)c(C(O)c2ccc3c(c2)CCO3)c(F)c1. The van der Waals surface area contributed by atoms with Crippen LogP contribution in [-0.2, 0) is 6.42 Å². The van der Waals surface area contributed by atoms with Gasteiger partial charge in [0.25, 0.3) is 0 Å². The van der Waals surface area contributed by atoms with Gasteiger partial charge in [0.1, 0.15) is 29.2 Å². The van der Waals surface area contributed by atoms with Crippen molar-refractivity contribution in [2.45, 2.75) is 12.5 Å². The van der Waals surface area contributed by atoms with Gasteiger partial charge in [0.15, 0.2) is 0 Å². The summed E-state index contributed by atoms with van der Waals surface area (Å²) in [7, 11) is 1.32. The molecule has 0 bridgehead atoms. The molecule has 2 aromatic carbocycles. The van der Waals surface area contributed by atoms with Gasteiger partial charge in [-0.3, -0.25) is 0 Å². The van der Waals surface area contributed by atoms with Crippen LogP contribution in [0.15, 0.2) is 30.3 Å². The number of fused-ring (bicyclic) bond motifs is 1. The molecule has 21 heavy (non-hydrogen) atoms. The second-order valence-corrected chi connectivity index (χ2v) is 4.87. The Hall–Kier alpha value is -2.14. The fourth-order valence-corrected chi connectivity index (χ4v) is 2.48. The minimum atomic E-state index is -1.37. The number of aliphatic hydroxyl groups is 1. The summed E-state index contributed by atoms with van der Waals surface area (Å²) < 4.78 is 38.2. The first-order chi connectivity index (χ1) is 10.1. The van der Waals surface area contributed by atoms with E-state index in [-0.39, 0.29) is 11.3 Å². The van der Waals surface area contributed by atoms with E-state index < -0.39 is 17.7 Å². The zero-order valence-electron chi connectivity index (χ0n) is 11.4. The zero-order chi connectivity index (χ0) is 15.0. The van der Waals surface area contributed by atoms with Crippen LogP contribution in [-0.4, -0.2) is 18.8 Å². The van der Waals surface area contributed by atoms with Gasteiger partial charge in [0.05, 0.1) is 19.3 Å². The lowest BCUT2D eigenvalue weighted by atomic mass is 9.98. The number of ether oxygens (including phenoxy) is 2. The molecule has 1 heterocycles. The predicted molar refractivity (Wildman–Crippen MR) is 72.6 cm³/mol. The summed E-state index contributed by atoms with van der Waals surface area (Å²) in [5.41, 5.74) is 0.984. The topological polar surface area (TPSA) is 38.7 Å². The molecule has 110 valence electrons. The van der Waals surface area contributed by atoms with Gasteiger partial charge in [-0.1, -0.05) is 6.07 Å².